The maximum absolute atomic E-state index is 12.4. The maximum Gasteiger partial charge on any atom is 0.227 e. The minimum absolute atomic E-state index is 0.245. The summed E-state index contributed by atoms with van der Waals surface area (Å²) in [5, 5.41) is 0. The first kappa shape index (κ1) is 15.5. The van der Waals surface area contributed by atoms with Crippen molar-refractivity contribution >= 4 is 21.8 Å². The molecule has 0 N–H and O–H groups in total. The summed E-state index contributed by atoms with van der Waals surface area (Å²) in [4.78, 5) is 16.8. The Hall–Kier alpha value is -0.870. The molecule has 0 radical (unpaired) electrons. The van der Waals surface area contributed by atoms with E-state index in [1.54, 1.807) is 0 Å². The first-order valence-corrected chi connectivity index (χ1v) is 8.03. The fourth-order valence-corrected chi connectivity index (χ4v) is 3.00. The normalized spacial score (nSPS) is 16.8. The molecule has 1 aliphatic heterocycles. The van der Waals surface area contributed by atoms with Crippen molar-refractivity contribution in [3.05, 3.63) is 33.8 Å². The molecule has 0 aromatic heterocycles. The Morgan fingerprint density at radius 2 is 1.90 bits per heavy atom. The van der Waals surface area contributed by atoms with E-state index in [1.165, 1.54) is 5.56 Å². The van der Waals surface area contributed by atoms with Gasteiger partial charge in [-0.3, -0.25) is 9.69 Å². The van der Waals surface area contributed by atoms with Crippen LogP contribution in [0.3, 0.4) is 0 Å². The molecule has 0 atom stereocenters. The van der Waals surface area contributed by atoms with Crippen molar-refractivity contribution in [1.82, 2.24) is 9.80 Å². The summed E-state index contributed by atoms with van der Waals surface area (Å²) in [6, 6.07) is 6.70. The van der Waals surface area contributed by atoms with Crippen molar-refractivity contribution in [3.63, 3.8) is 0 Å². The summed E-state index contributed by atoms with van der Waals surface area (Å²) < 4.78 is 1.04. The molecule has 1 saturated heterocycles. The summed E-state index contributed by atoms with van der Waals surface area (Å²) in [5.74, 6) is 0.245. The van der Waals surface area contributed by atoms with E-state index in [2.05, 4.69) is 53.7 Å². The zero-order valence-electron chi connectivity index (χ0n) is 12.5. The van der Waals surface area contributed by atoms with Gasteiger partial charge in [-0.15, -0.1) is 0 Å². The number of amides is 1. The molecule has 1 aliphatic rings. The van der Waals surface area contributed by atoms with Crippen LogP contribution in [0, 0.1) is 6.92 Å². The first-order chi connectivity index (χ1) is 9.47. The zero-order chi connectivity index (χ0) is 14.7. The van der Waals surface area contributed by atoms with E-state index in [0.717, 1.165) is 36.2 Å². The minimum atomic E-state index is 0.245. The standard InChI is InChI=1S/C16H23BrN2O/c1-12(2)18-6-8-19(9-7-18)16(20)11-14-10-15(17)5-4-13(14)3/h4-5,10,12H,6-9,11H2,1-3H3. The Morgan fingerprint density at radius 3 is 2.50 bits per heavy atom. The van der Waals surface area contributed by atoms with Crippen molar-refractivity contribution in [3.8, 4) is 0 Å². The van der Waals surface area contributed by atoms with Gasteiger partial charge in [0, 0.05) is 36.7 Å². The molecule has 0 bridgehead atoms. The largest absolute Gasteiger partial charge is 0.340 e. The topological polar surface area (TPSA) is 23.6 Å². The fourth-order valence-electron chi connectivity index (χ4n) is 2.59. The molecule has 0 unspecified atom stereocenters. The number of aryl methyl sites for hydroxylation is 1. The molecular formula is C16H23BrN2O. The number of halogens is 1. The molecule has 1 amide bonds. The molecule has 110 valence electrons. The third-order valence-electron chi connectivity index (χ3n) is 4.05. The Labute approximate surface area is 130 Å². The predicted octanol–water partition coefficient (Wildman–Crippen LogP) is 2.85. The number of benzene rings is 1. The predicted molar refractivity (Wildman–Crippen MR) is 85.9 cm³/mol. The van der Waals surface area contributed by atoms with Gasteiger partial charge in [0.05, 0.1) is 6.42 Å². The van der Waals surface area contributed by atoms with Crippen LogP contribution in [0.25, 0.3) is 0 Å². The third-order valence-corrected chi connectivity index (χ3v) is 4.54. The number of rotatable bonds is 3. The van der Waals surface area contributed by atoms with Crippen LogP contribution >= 0.6 is 15.9 Å². The molecular weight excluding hydrogens is 316 g/mol. The number of carbonyl (C=O) groups is 1. The van der Waals surface area contributed by atoms with Gasteiger partial charge in [0.15, 0.2) is 0 Å². The van der Waals surface area contributed by atoms with Gasteiger partial charge in [0.2, 0.25) is 5.91 Å². The van der Waals surface area contributed by atoms with Crippen LogP contribution in [0.5, 0.6) is 0 Å². The molecule has 20 heavy (non-hydrogen) atoms. The van der Waals surface area contributed by atoms with E-state index in [9.17, 15) is 4.79 Å². The van der Waals surface area contributed by atoms with Gasteiger partial charge in [0.25, 0.3) is 0 Å². The summed E-state index contributed by atoms with van der Waals surface area (Å²) in [6.07, 6.45) is 0.507. The zero-order valence-corrected chi connectivity index (χ0v) is 14.1. The van der Waals surface area contributed by atoms with Crippen LogP contribution in [0.2, 0.25) is 0 Å². The highest BCUT2D eigenvalue weighted by Gasteiger charge is 2.22. The number of piperazine rings is 1. The highest BCUT2D eigenvalue weighted by atomic mass is 79.9. The van der Waals surface area contributed by atoms with Gasteiger partial charge >= 0.3 is 0 Å². The van der Waals surface area contributed by atoms with Crippen molar-refractivity contribution in [2.45, 2.75) is 33.2 Å². The lowest BCUT2D eigenvalue weighted by molar-refractivity contribution is -0.132. The van der Waals surface area contributed by atoms with E-state index < -0.39 is 0 Å². The molecule has 2 rings (SSSR count). The second-order valence-electron chi connectivity index (χ2n) is 5.76. The van der Waals surface area contributed by atoms with Gasteiger partial charge in [-0.25, -0.2) is 0 Å². The van der Waals surface area contributed by atoms with Crippen molar-refractivity contribution < 1.29 is 4.79 Å². The highest BCUT2D eigenvalue weighted by Crippen LogP contribution is 2.17. The lowest BCUT2D eigenvalue weighted by Gasteiger charge is -2.37. The Kier molecular flexibility index (Phi) is 5.22. The number of carbonyl (C=O) groups excluding carboxylic acids is 1. The van der Waals surface area contributed by atoms with Crippen LogP contribution in [0.15, 0.2) is 22.7 Å². The monoisotopic (exact) mass is 338 g/mol. The van der Waals surface area contributed by atoms with Crippen LogP contribution in [-0.4, -0.2) is 47.9 Å². The van der Waals surface area contributed by atoms with Gasteiger partial charge in [0.1, 0.15) is 0 Å². The van der Waals surface area contributed by atoms with Crippen molar-refractivity contribution in [2.75, 3.05) is 26.2 Å². The molecule has 0 spiro atoms. The van der Waals surface area contributed by atoms with E-state index in [4.69, 9.17) is 0 Å². The van der Waals surface area contributed by atoms with E-state index >= 15 is 0 Å². The molecule has 1 aromatic rings. The van der Waals surface area contributed by atoms with Crippen LogP contribution in [-0.2, 0) is 11.2 Å². The lowest BCUT2D eigenvalue weighted by atomic mass is 10.1. The maximum atomic E-state index is 12.4. The molecule has 0 aliphatic carbocycles. The molecule has 1 heterocycles. The Morgan fingerprint density at radius 1 is 1.25 bits per heavy atom. The summed E-state index contributed by atoms with van der Waals surface area (Å²) >= 11 is 3.47. The number of nitrogens with zero attached hydrogens (tertiary/aromatic N) is 2. The third kappa shape index (κ3) is 3.83. The SMILES string of the molecule is Cc1ccc(Br)cc1CC(=O)N1CCN(C(C)C)CC1. The molecule has 3 nitrogen and oxygen atoms in total. The van der Waals surface area contributed by atoms with Gasteiger partial charge in [-0.05, 0) is 44.0 Å². The van der Waals surface area contributed by atoms with Gasteiger partial charge in [-0.2, -0.15) is 0 Å². The average molecular weight is 339 g/mol. The van der Waals surface area contributed by atoms with Crippen LogP contribution in [0.1, 0.15) is 25.0 Å². The lowest BCUT2D eigenvalue weighted by Crippen LogP contribution is -2.51. The number of hydrogen-bond acceptors (Lipinski definition) is 2. The molecule has 1 fully saturated rings. The number of hydrogen-bond donors (Lipinski definition) is 0. The second kappa shape index (κ2) is 6.72. The highest BCUT2D eigenvalue weighted by molar-refractivity contribution is 9.10. The fraction of sp³-hybridized carbons (Fsp3) is 0.562. The van der Waals surface area contributed by atoms with Crippen molar-refractivity contribution in [1.29, 1.82) is 0 Å². The summed E-state index contributed by atoms with van der Waals surface area (Å²) in [5.41, 5.74) is 2.30. The van der Waals surface area contributed by atoms with Crippen LogP contribution < -0.4 is 0 Å². The van der Waals surface area contributed by atoms with Gasteiger partial charge < -0.3 is 4.90 Å². The first-order valence-electron chi connectivity index (χ1n) is 7.24. The van der Waals surface area contributed by atoms with E-state index in [0.29, 0.717) is 12.5 Å². The Balaban J connectivity index is 1.94. The van der Waals surface area contributed by atoms with Gasteiger partial charge in [-0.1, -0.05) is 22.0 Å². The van der Waals surface area contributed by atoms with Crippen LogP contribution in [0.4, 0.5) is 0 Å². The smallest absolute Gasteiger partial charge is 0.227 e. The summed E-state index contributed by atoms with van der Waals surface area (Å²) in [6.45, 7) is 10.2. The molecule has 4 heteroatoms. The average Bonchev–Trinajstić information content (AvgIpc) is 2.43. The van der Waals surface area contributed by atoms with E-state index in [1.807, 2.05) is 11.0 Å². The summed E-state index contributed by atoms with van der Waals surface area (Å²) in [7, 11) is 0. The van der Waals surface area contributed by atoms with E-state index in [-0.39, 0.29) is 5.91 Å². The molecule has 0 saturated carbocycles. The second-order valence-corrected chi connectivity index (χ2v) is 6.67. The van der Waals surface area contributed by atoms with Crippen molar-refractivity contribution in [2.24, 2.45) is 0 Å². The Bertz CT molecular complexity index is 479. The molecule has 1 aromatic carbocycles. The minimum Gasteiger partial charge on any atom is -0.340 e. The quantitative estimate of drug-likeness (QED) is 0.846.